The average Bonchev–Trinajstić information content (AvgIpc) is 1.98. The van der Waals surface area contributed by atoms with Crippen LogP contribution >= 0.6 is 15.9 Å². The first-order chi connectivity index (χ1) is 3.72. The molecule has 0 aliphatic carbocycles. The highest BCUT2D eigenvalue weighted by atomic mass is 79.9. The zero-order chi connectivity index (χ0) is 6.15. The third-order valence-corrected chi connectivity index (χ3v) is 1.73. The average molecular weight is 177 g/mol. The van der Waals surface area contributed by atoms with Crippen molar-refractivity contribution in [2.24, 2.45) is 0 Å². The smallest absolute Gasteiger partial charge is 0.150 e. The molecule has 2 N–H and O–H groups in total. The van der Waals surface area contributed by atoms with Crippen molar-refractivity contribution in [2.75, 3.05) is 5.84 Å². The maximum absolute atomic E-state index is 5.24. The van der Waals surface area contributed by atoms with Gasteiger partial charge >= 0.3 is 0 Å². The molecule has 4 nitrogen and oxygen atoms in total. The van der Waals surface area contributed by atoms with E-state index in [0.717, 1.165) is 10.3 Å². The lowest BCUT2D eigenvalue weighted by Crippen LogP contribution is -2.09. The Morgan fingerprint density at radius 3 is 2.50 bits per heavy atom. The number of aromatic nitrogens is 3. The van der Waals surface area contributed by atoms with E-state index < -0.39 is 0 Å². The molecule has 1 heterocycles. The Morgan fingerprint density at radius 1 is 1.75 bits per heavy atom. The first kappa shape index (κ1) is 5.55. The van der Waals surface area contributed by atoms with Gasteiger partial charge in [-0.3, -0.25) is 0 Å². The highest BCUT2D eigenvalue weighted by molar-refractivity contribution is 9.10. The lowest BCUT2D eigenvalue weighted by atomic mass is 10.6. The van der Waals surface area contributed by atoms with Crippen LogP contribution < -0.4 is 5.84 Å². The molecule has 0 aliphatic heterocycles. The third kappa shape index (κ3) is 0.686. The van der Waals surface area contributed by atoms with E-state index >= 15 is 0 Å². The van der Waals surface area contributed by atoms with Gasteiger partial charge in [-0.15, -0.1) is 5.10 Å². The van der Waals surface area contributed by atoms with Crippen molar-refractivity contribution < 1.29 is 0 Å². The number of nitrogen functional groups attached to an aromatic ring is 1. The van der Waals surface area contributed by atoms with Crippen LogP contribution in [-0.2, 0) is 0 Å². The molecule has 0 aromatic carbocycles. The fraction of sp³-hybridized carbons (Fsp3) is 0.333. The summed E-state index contributed by atoms with van der Waals surface area (Å²) in [5, 5.41) is 7.17. The fourth-order valence-electron chi connectivity index (χ4n) is 0.362. The maximum atomic E-state index is 5.24. The van der Waals surface area contributed by atoms with E-state index in [2.05, 4.69) is 26.2 Å². The van der Waals surface area contributed by atoms with Crippen LogP contribution in [0.15, 0.2) is 4.60 Å². The largest absolute Gasteiger partial charge is 0.321 e. The van der Waals surface area contributed by atoms with Crippen molar-refractivity contribution in [2.45, 2.75) is 6.92 Å². The van der Waals surface area contributed by atoms with Crippen molar-refractivity contribution in [3.63, 3.8) is 0 Å². The van der Waals surface area contributed by atoms with E-state index in [9.17, 15) is 0 Å². The second-order valence-corrected chi connectivity index (χ2v) is 2.16. The number of nitrogens with two attached hydrogens (primary N) is 1. The summed E-state index contributed by atoms with van der Waals surface area (Å²) in [6, 6.07) is 0. The molecule has 0 unspecified atom stereocenters. The van der Waals surface area contributed by atoms with Crippen LogP contribution in [0.1, 0.15) is 5.69 Å². The molecule has 0 amide bonds. The van der Waals surface area contributed by atoms with Crippen LogP contribution in [0, 0.1) is 6.92 Å². The number of rotatable bonds is 0. The first-order valence-electron chi connectivity index (χ1n) is 2.04. The summed E-state index contributed by atoms with van der Waals surface area (Å²) in [6.45, 7) is 1.82. The van der Waals surface area contributed by atoms with Gasteiger partial charge in [0.15, 0.2) is 4.60 Å². The summed E-state index contributed by atoms with van der Waals surface area (Å²) in [5.74, 6) is 5.24. The Balaban J connectivity index is 3.19. The first-order valence-corrected chi connectivity index (χ1v) is 2.84. The van der Waals surface area contributed by atoms with Crippen molar-refractivity contribution in [1.29, 1.82) is 0 Å². The predicted molar refractivity (Wildman–Crippen MR) is 32.6 cm³/mol. The Labute approximate surface area is 54.8 Å². The lowest BCUT2D eigenvalue weighted by molar-refractivity contribution is 0.752. The summed E-state index contributed by atoms with van der Waals surface area (Å²) in [7, 11) is 0. The Morgan fingerprint density at radius 2 is 2.38 bits per heavy atom. The highest BCUT2D eigenvalue weighted by Crippen LogP contribution is 2.07. The summed E-state index contributed by atoms with van der Waals surface area (Å²) >= 11 is 3.16. The molecule has 0 spiro atoms. The van der Waals surface area contributed by atoms with Gasteiger partial charge in [-0.1, -0.05) is 0 Å². The molecule has 0 fully saturated rings. The van der Waals surface area contributed by atoms with Crippen molar-refractivity contribution >= 4 is 15.9 Å². The van der Waals surface area contributed by atoms with E-state index in [1.165, 1.54) is 4.79 Å². The predicted octanol–water partition coefficient (Wildman–Crippen LogP) is 0.0628. The molecule has 1 rings (SSSR count). The van der Waals surface area contributed by atoms with Gasteiger partial charge in [0.1, 0.15) is 0 Å². The van der Waals surface area contributed by atoms with Gasteiger partial charge in [0.25, 0.3) is 0 Å². The second kappa shape index (κ2) is 1.74. The number of halogens is 1. The Hall–Kier alpha value is -0.580. The monoisotopic (exact) mass is 176 g/mol. The van der Waals surface area contributed by atoms with Crippen LogP contribution in [0.3, 0.4) is 0 Å². The molecule has 0 radical (unpaired) electrons. The van der Waals surface area contributed by atoms with Crippen LogP contribution in [-0.4, -0.2) is 15.1 Å². The fourth-order valence-corrected chi connectivity index (χ4v) is 0.512. The standard InChI is InChI=1S/C3H5BrN4/c1-2-3(4)8(5)7-6-2/h5H2,1H3. The molecule has 1 aromatic heterocycles. The number of nitrogens with zero attached hydrogens (tertiary/aromatic N) is 3. The van der Waals surface area contributed by atoms with Crippen molar-refractivity contribution in [1.82, 2.24) is 15.1 Å². The maximum Gasteiger partial charge on any atom is 0.150 e. The van der Waals surface area contributed by atoms with Gasteiger partial charge in [-0.25, -0.2) is 0 Å². The van der Waals surface area contributed by atoms with E-state index in [0.29, 0.717) is 0 Å². The molecular weight excluding hydrogens is 172 g/mol. The zero-order valence-corrected chi connectivity index (χ0v) is 5.88. The molecule has 8 heavy (non-hydrogen) atoms. The molecule has 0 bridgehead atoms. The molecule has 5 heteroatoms. The van der Waals surface area contributed by atoms with Crippen LogP contribution in [0.2, 0.25) is 0 Å². The number of aryl methyl sites for hydroxylation is 1. The summed E-state index contributed by atoms with van der Waals surface area (Å²) < 4.78 is 0.720. The quantitative estimate of drug-likeness (QED) is 0.570. The van der Waals surface area contributed by atoms with E-state index in [-0.39, 0.29) is 0 Å². The minimum Gasteiger partial charge on any atom is -0.321 e. The molecule has 1 aromatic rings. The van der Waals surface area contributed by atoms with Crippen LogP contribution in [0.5, 0.6) is 0 Å². The Bertz CT molecular complexity index is 174. The number of hydrogen-bond donors (Lipinski definition) is 1. The van der Waals surface area contributed by atoms with Gasteiger partial charge in [0.2, 0.25) is 0 Å². The topological polar surface area (TPSA) is 56.7 Å². The SMILES string of the molecule is Cc1nnn(N)c1Br. The molecular formula is C3H5BrN4. The van der Waals surface area contributed by atoms with Gasteiger partial charge in [0, 0.05) is 0 Å². The van der Waals surface area contributed by atoms with Crippen molar-refractivity contribution in [3.8, 4) is 0 Å². The Kier molecular flexibility index (Phi) is 1.21. The second-order valence-electron chi connectivity index (χ2n) is 1.41. The van der Waals surface area contributed by atoms with Crippen LogP contribution in [0.25, 0.3) is 0 Å². The van der Waals surface area contributed by atoms with Gasteiger partial charge in [0.05, 0.1) is 5.69 Å². The van der Waals surface area contributed by atoms with Gasteiger partial charge in [-0.2, -0.15) is 4.79 Å². The lowest BCUT2D eigenvalue weighted by Gasteiger charge is -1.85. The number of hydrogen-bond acceptors (Lipinski definition) is 3. The summed E-state index contributed by atoms with van der Waals surface area (Å²) in [5.41, 5.74) is 0.799. The minimum absolute atomic E-state index is 0.720. The highest BCUT2D eigenvalue weighted by Gasteiger charge is 1.99. The van der Waals surface area contributed by atoms with E-state index in [1.54, 1.807) is 0 Å². The molecule has 0 saturated heterocycles. The van der Waals surface area contributed by atoms with E-state index in [4.69, 9.17) is 5.84 Å². The molecule has 0 saturated carbocycles. The van der Waals surface area contributed by atoms with Gasteiger partial charge in [-0.05, 0) is 28.1 Å². The summed E-state index contributed by atoms with van der Waals surface area (Å²) in [6.07, 6.45) is 0. The van der Waals surface area contributed by atoms with Crippen molar-refractivity contribution in [3.05, 3.63) is 10.3 Å². The van der Waals surface area contributed by atoms with E-state index in [1.807, 2.05) is 6.92 Å². The normalized spacial score (nSPS) is 9.75. The molecule has 44 valence electrons. The van der Waals surface area contributed by atoms with Gasteiger partial charge < -0.3 is 5.84 Å². The zero-order valence-electron chi connectivity index (χ0n) is 4.30. The van der Waals surface area contributed by atoms with Crippen LogP contribution in [0.4, 0.5) is 0 Å². The molecule has 0 aliphatic rings. The third-order valence-electron chi connectivity index (χ3n) is 0.791. The molecule has 0 atom stereocenters. The minimum atomic E-state index is 0.720. The summed E-state index contributed by atoms with van der Waals surface area (Å²) in [4.78, 5) is 1.18.